The Morgan fingerprint density at radius 1 is 1.12 bits per heavy atom. The van der Waals surface area contributed by atoms with Crippen molar-refractivity contribution < 1.29 is 0 Å². The highest BCUT2D eigenvalue weighted by Crippen LogP contribution is 2.50. The van der Waals surface area contributed by atoms with E-state index < -0.39 is 0 Å². The molecule has 1 aliphatic carbocycles. The van der Waals surface area contributed by atoms with Gasteiger partial charge in [-0.1, -0.05) is 0 Å². The molecule has 7 heterocycles. The van der Waals surface area contributed by atoms with Crippen molar-refractivity contribution in [1.29, 1.82) is 5.26 Å². The molecule has 2 unspecified atom stereocenters. The molecule has 3 fully saturated rings. The number of nitrogens with zero attached hydrogens (tertiary/aromatic N) is 7. The lowest BCUT2D eigenvalue weighted by Gasteiger charge is -2.53. The quantitative estimate of drug-likeness (QED) is 0.434. The number of hydrogen-bond acceptors (Lipinski definition) is 10. The van der Waals surface area contributed by atoms with Gasteiger partial charge in [-0.05, 0) is 50.2 Å². The Morgan fingerprint density at radius 3 is 2.73 bits per heavy atom. The fraction of sp³-hybridized carbons (Fsp3) is 0.586. The van der Waals surface area contributed by atoms with E-state index in [1.54, 1.807) is 11.3 Å². The van der Waals surface area contributed by atoms with Gasteiger partial charge in [-0.15, -0.1) is 11.3 Å². The largest absolute Gasteiger partial charge is 0.389 e. The standard InChI is InChI=1S/C29H36N10S/c30-11-22-27-23(40-28(22)31)2-1-8-29(27)16-38(17-29)26-10-25(37-13-19-3-4-20(14-37)34-19)35-24(36-26)6-5-18-15-39-21(12-32-18)7-9-33-39/h7,9-10,18-20,32,34H,1-6,8,12-17,31H2/t18?,19-,20?/m0/s1. The third kappa shape index (κ3) is 4.07. The van der Waals surface area contributed by atoms with E-state index in [1.165, 1.54) is 29.0 Å². The first-order valence-electron chi connectivity index (χ1n) is 14.8. The normalized spacial score (nSPS) is 26.3. The maximum Gasteiger partial charge on any atom is 0.134 e. The highest BCUT2D eigenvalue weighted by atomic mass is 32.1. The second kappa shape index (κ2) is 9.43. The van der Waals surface area contributed by atoms with E-state index in [-0.39, 0.29) is 5.41 Å². The van der Waals surface area contributed by atoms with Gasteiger partial charge in [0.05, 0.1) is 17.8 Å². The Hall–Kier alpha value is -3.20. The van der Waals surface area contributed by atoms with Gasteiger partial charge in [0.2, 0.25) is 0 Å². The Labute approximate surface area is 238 Å². The molecular weight excluding hydrogens is 520 g/mol. The monoisotopic (exact) mass is 556 g/mol. The third-order valence-corrected chi connectivity index (χ3v) is 10.9. The molecule has 0 saturated carbocycles. The topological polar surface area (TPSA) is 124 Å². The van der Waals surface area contributed by atoms with Crippen LogP contribution in [-0.4, -0.2) is 64.1 Å². The molecule has 1 spiro atoms. The summed E-state index contributed by atoms with van der Waals surface area (Å²) in [4.78, 5) is 16.5. The average Bonchev–Trinajstić information content (AvgIpc) is 3.65. The zero-order valence-corrected chi connectivity index (χ0v) is 23.6. The van der Waals surface area contributed by atoms with Gasteiger partial charge in [0.1, 0.15) is 28.5 Å². The Kier molecular flexibility index (Phi) is 5.80. The minimum atomic E-state index is 0.0136. The van der Waals surface area contributed by atoms with Gasteiger partial charge in [0.25, 0.3) is 0 Å². The van der Waals surface area contributed by atoms with Gasteiger partial charge in [0, 0.05) is 79.8 Å². The number of piperazine rings is 1. The lowest BCUT2D eigenvalue weighted by atomic mass is 9.66. The van der Waals surface area contributed by atoms with Gasteiger partial charge < -0.3 is 26.2 Å². The number of fused-ring (bicyclic) bond motifs is 5. The number of aromatic nitrogens is 4. The van der Waals surface area contributed by atoms with Crippen LogP contribution in [-0.2, 0) is 31.3 Å². The molecule has 11 heteroatoms. The van der Waals surface area contributed by atoms with E-state index >= 15 is 0 Å². The summed E-state index contributed by atoms with van der Waals surface area (Å²) in [6, 6.07) is 8.19. The Balaban J connectivity index is 1.06. The summed E-state index contributed by atoms with van der Waals surface area (Å²) in [6.07, 6.45) is 9.48. The predicted octanol–water partition coefficient (Wildman–Crippen LogP) is 2.33. The smallest absolute Gasteiger partial charge is 0.134 e. The molecule has 208 valence electrons. The van der Waals surface area contributed by atoms with Crippen molar-refractivity contribution >= 4 is 28.0 Å². The second-order valence-corrected chi connectivity index (χ2v) is 13.5. The van der Waals surface area contributed by atoms with Crippen molar-refractivity contribution in [2.45, 2.75) is 81.6 Å². The van der Waals surface area contributed by atoms with E-state index in [2.05, 4.69) is 48.4 Å². The zero-order chi connectivity index (χ0) is 26.8. The molecule has 3 saturated heterocycles. The lowest BCUT2D eigenvalue weighted by molar-refractivity contribution is 0.284. The minimum Gasteiger partial charge on any atom is -0.389 e. The van der Waals surface area contributed by atoms with Crippen LogP contribution in [0.5, 0.6) is 0 Å². The lowest BCUT2D eigenvalue weighted by Crippen LogP contribution is -2.61. The molecule has 4 aliphatic heterocycles. The van der Waals surface area contributed by atoms with Crippen LogP contribution in [0, 0.1) is 11.3 Å². The first kappa shape index (κ1) is 24.6. The van der Waals surface area contributed by atoms with Crippen LogP contribution in [0.4, 0.5) is 16.6 Å². The van der Waals surface area contributed by atoms with Crippen molar-refractivity contribution in [3.8, 4) is 6.07 Å². The van der Waals surface area contributed by atoms with E-state index in [0.717, 1.165) is 94.4 Å². The molecule has 0 amide bonds. The number of rotatable bonds is 5. The van der Waals surface area contributed by atoms with Crippen LogP contribution in [0.15, 0.2) is 18.3 Å². The fourth-order valence-corrected chi connectivity index (χ4v) is 8.99. The number of thiophene rings is 1. The van der Waals surface area contributed by atoms with Crippen molar-refractivity contribution in [3.05, 3.63) is 45.9 Å². The molecule has 0 aromatic carbocycles. The van der Waals surface area contributed by atoms with Crippen LogP contribution in [0.2, 0.25) is 0 Å². The molecular formula is C29H36N10S. The van der Waals surface area contributed by atoms with Gasteiger partial charge in [-0.3, -0.25) is 4.68 Å². The maximum atomic E-state index is 9.89. The molecule has 3 aromatic heterocycles. The fourth-order valence-electron chi connectivity index (χ4n) is 7.80. The van der Waals surface area contributed by atoms with E-state index in [4.69, 9.17) is 15.7 Å². The summed E-state index contributed by atoms with van der Waals surface area (Å²) < 4.78 is 2.12. The number of nitriles is 1. The summed E-state index contributed by atoms with van der Waals surface area (Å²) in [6.45, 7) is 5.53. The molecule has 4 N–H and O–H groups in total. The van der Waals surface area contributed by atoms with Crippen molar-refractivity contribution in [2.75, 3.05) is 41.7 Å². The number of nitrogens with two attached hydrogens (primary N) is 1. The van der Waals surface area contributed by atoms with Crippen LogP contribution in [0.3, 0.4) is 0 Å². The van der Waals surface area contributed by atoms with Crippen molar-refractivity contribution in [2.24, 2.45) is 0 Å². The number of nitrogens with one attached hydrogen (secondary N) is 2. The van der Waals surface area contributed by atoms with Crippen molar-refractivity contribution in [3.63, 3.8) is 0 Å². The highest BCUT2D eigenvalue weighted by Gasteiger charge is 2.50. The molecule has 0 radical (unpaired) electrons. The molecule has 10 nitrogen and oxygen atoms in total. The summed E-state index contributed by atoms with van der Waals surface area (Å²) in [5.41, 5.74) is 9.49. The zero-order valence-electron chi connectivity index (χ0n) is 22.8. The first-order valence-corrected chi connectivity index (χ1v) is 15.6. The molecule has 5 aliphatic rings. The van der Waals surface area contributed by atoms with E-state index in [1.807, 2.05) is 6.20 Å². The van der Waals surface area contributed by atoms with Gasteiger partial charge in [0.15, 0.2) is 0 Å². The molecule has 8 rings (SSSR count). The molecule has 3 aromatic rings. The average molecular weight is 557 g/mol. The number of anilines is 3. The summed E-state index contributed by atoms with van der Waals surface area (Å²) in [5.74, 6) is 3.01. The van der Waals surface area contributed by atoms with Gasteiger partial charge in [-0.2, -0.15) is 10.4 Å². The number of hydrogen-bond donors (Lipinski definition) is 3. The minimum absolute atomic E-state index is 0.0136. The third-order valence-electron chi connectivity index (χ3n) is 9.79. The van der Waals surface area contributed by atoms with E-state index in [9.17, 15) is 5.26 Å². The van der Waals surface area contributed by atoms with Crippen LogP contribution >= 0.6 is 11.3 Å². The van der Waals surface area contributed by atoms with Crippen LogP contribution in [0.25, 0.3) is 0 Å². The summed E-state index contributed by atoms with van der Waals surface area (Å²) in [5, 5.41) is 22.5. The maximum absolute atomic E-state index is 9.89. The Morgan fingerprint density at radius 2 is 1.93 bits per heavy atom. The number of nitrogen functional groups attached to an aromatic ring is 1. The van der Waals surface area contributed by atoms with E-state index in [0.29, 0.717) is 23.1 Å². The number of aryl methyl sites for hydroxylation is 2. The molecule has 2 bridgehead atoms. The first-order chi connectivity index (χ1) is 19.6. The second-order valence-electron chi connectivity index (χ2n) is 12.4. The molecule has 40 heavy (non-hydrogen) atoms. The van der Waals surface area contributed by atoms with Gasteiger partial charge >= 0.3 is 0 Å². The van der Waals surface area contributed by atoms with Crippen LogP contribution < -0.4 is 26.2 Å². The van der Waals surface area contributed by atoms with Gasteiger partial charge in [-0.25, -0.2) is 9.97 Å². The van der Waals surface area contributed by atoms with Crippen molar-refractivity contribution in [1.82, 2.24) is 30.4 Å². The molecule has 3 atom stereocenters. The van der Waals surface area contributed by atoms with Crippen LogP contribution in [0.1, 0.15) is 59.6 Å². The Bertz CT molecular complexity index is 1470. The highest BCUT2D eigenvalue weighted by molar-refractivity contribution is 7.16. The SMILES string of the molecule is N#Cc1c(N)sc2c1C1(CCC2)CN(c2cc(N3CC4CC[C@@H](C3)N4)nc(CCC3Cn4nccc4CN3)n2)C1. The predicted molar refractivity (Wildman–Crippen MR) is 156 cm³/mol. The summed E-state index contributed by atoms with van der Waals surface area (Å²) >= 11 is 1.62. The summed E-state index contributed by atoms with van der Waals surface area (Å²) in [7, 11) is 0.